The maximum atomic E-state index is 12.9. The van der Waals surface area contributed by atoms with Crippen molar-refractivity contribution >= 4 is 5.69 Å². The van der Waals surface area contributed by atoms with Gasteiger partial charge >= 0.3 is 0 Å². The van der Waals surface area contributed by atoms with Gasteiger partial charge in [-0.05, 0) is 24.6 Å². The molecule has 1 unspecified atom stereocenters. The van der Waals surface area contributed by atoms with Crippen molar-refractivity contribution < 1.29 is 8.78 Å². The first-order valence-corrected chi connectivity index (χ1v) is 3.70. The lowest BCUT2D eigenvalue weighted by molar-refractivity contribution is 0.587. The van der Waals surface area contributed by atoms with E-state index in [1.165, 1.54) is 0 Å². The number of anilines is 1. The Morgan fingerprint density at radius 1 is 1.38 bits per heavy atom. The van der Waals surface area contributed by atoms with Crippen LogP contribution in [0.15, 0.2) is 12.1 Å². The second-order valence-corrected chi connectivity index (χ2v) is 2.75. The molecule has 1 rings (SSSR count). The van der Waals surface area contributed by atoms with E-state index in [4.69, 9.17) is 11.0 Å². The summed E-state index contributed by atoms with van der Waals surface area (Å²) in [5.41, 5.74) is 4.85. The van der Waals surface area contributed by atoms with Crippen molar-refractivity contribution in [2.45, 2.75) is 12.8 Å². The quantitative estimate of drug-likeness (QED) is 0.676. The Balaban J connectivity index is 3.22. The minimum atomic E-state index is -0.822. The molecular weight excluding hydrogens is 174 g/mol. The van der Waals surface area contributed by atoms with E-state index in [0.29, 0.717) is 5.56 Å². The number of nitrogen functional groups attached to an aromatic ring is 1. The van der Waals surface area contributed by atoms with E-state index in [-0.39, 0.29) is 0 Å². The topological polar surface area (TPSA) is 49.8 Å². The lowest BCUT2D eigenvalue weighted by atomic mass is 10.0. The lowest BCUT2D eigenvalue weighted by Gasteiger charge is -2.05. The third kappa shape index (κ3) is 1.75. The van der Waals surface area contributed by atoms with Crippen LogP contribution in [0.2, 0.25) is 0 Å². The van der Waals surface area contributed by atoms with Crippen LogP contribution in [-0.2, 0) is 0 Å². The summed E-state index contributed by atoms with van der Waals surface area (Å²) in [7, 11) is 0. The summed E-state index contributed by atoms with van der Waals surface area (Å²) in [6, 6.07) is 4.03. The van der Waals surface area contributed by atoms with Crippen molar-refractivity contribution in [3.8, 4) is 6.07 Å². The summed E-state index contributed by atoms with van der Waals surface area (Å²) in [6.45, 7) is 1.56. The van der Waals surface area contributed by atoms with Crippen LogP contribution < -0.4 is 5.73 Å². The number of nitrogens with two attached hydrogens (primary N) is 1. The molecule has 4 heteroatoms. The van der Waals surface area contributed by atoms with Gasteiger partial charge in [-0.25, -0.2) is 8.78 Å². The molecule has 2 nitrogen and oxygen atoms in total. The number of halogens is 2. The van der Waals surface area contributed by atoms with E-state index in [1.807, 2.05) is 6.07 Å². The third-order valence-electron chi connectivity index (χ3n) is 1.80. The van der Waals surface area contributed by atoms with Gasteiger partial charge in [0, 0.05) is 0 Å². The van der Waals surface area contributed by atoms with Gasteiger partial charge in [-0.15, -0.1) is 0 Å². The highest BCUT2D eigenvalue weighted by Gasteiger charge is 2.11. The number of benzene rings is 1. The highest BCUT2D eigenvalue weighted by molar-refractivity contribution is 5.44. The van der Waals surface area contributed by atoms with Crippen LogP contribution in [0.5, 0.6) is 0 Å². The largest absolute Gasteiger partial charge is 0.394 e. The maximum Gasteiger partial charge on any atom is 0.149 e. The Morgan fingerprint density at radius 2 is 1.85 bits per heavy atom. The fourth-order valence-corrected chi connectivity index (χ4v) is 0.928. The van der Waals surface area contributed by atoms with Gasteiger partial charge in [0.1, 0.15) is 17.3 Å². The SMILES string of the molecule is CC(C#N)c1cc(F)c(N)c(F)c1. The molecule has 0 spiro atoms. The highest BCUT2D eigenvalue weighted by atomic mass is 19.1. The summed E-state index contributed by atoms with van der Waals surface area (Å²) in [5.74, 6) is -2.18. The second kappa shape index (κ2) is 3.40. The summed E-state index contributed by atoms with van der Waals surface area (Å²) in [6.07, 6.45) is 0. The molecule has 0 amide bonds. The average molecular weight is 182 g/mol. The van der Waals surface area contributed by atoms with Crippen LogP contribution in [0.25, 0.3) is 0 Å². The van der Waals surface area contributed by atoms with Gasteiger partial charge in [0.2, 0.25) is 0 Å². The van der Waals surface area contributed by atoms with E-state index in [1.54, 1.807) is 6.92 Å². The van der Waals surface area contributed by atoms with Crippen molar-refractivity contribution in [2.24, 2.45) is 0 Å². The zero-order valence-electron chi connectivity index (χ0n) is 7.01. The molecule has 0 aliphatic carbocycles. The van der Waals surface area contributed by atoms with E-state index in [0.717, 1.165) is 12.1 Å². The molecule has 0 fully saturated rings. The van der Waals surface area contributed by atoms with E-state index >= 15 is 0 Å². The second-order valence-electron chi connectivity index (χ2n) is 2.75. The molecule has 1 aromatic carbocycles. The monoisotopic (exact) mass is 182 g/mol. The van der Waals surface area contributed by atoms with Crippen molar-refractivity contribution in [2.75, 3.05) is 5.73 Å². The first-order valence-electron chi connectivity index (χ1n) is 3.70. The van der Waals surface area contributed by atoms with Crippen LogP contribution in [0.1, 0.15) is 18.4 Å². The highest BCUT2D eigenvalue weighted by Crippen LogP contribution is 2.22. The van der Waals surface area contributed by atoms with Crippen molar-refractivity contribution in [3.63, 3.8) is 0 Å². The molecule has 1 aromatic rings. The number of nitriles is 1. The van der Waals surface area contributed by atoms with Crippen LogP contribution in [0, 0.1) is 23.0 Å². The van der Waals surface area contributed by atoms with Gasteiger partial charge < -0.3 is 5.73 Å². The third-order valence-corrected chi connectivity index (χ3v) is 1.80. The Hall–Kier alpha value is -1.63. The number of hydrogen-bond donors (Lipinski definition) is 1. The molecule has 0 heterocycles. The van der Waals surface area contributed by atoms with Crippen molar-refractivity contribution in [1.29, 1.82) is 5.26 Å². The van der Waals surface area contributed by atoms with E-state index < -0.39 is 23.2 Å². The van der Waals surface area contributed by atoms with Gasteiger partial charge in [0.15, 0.2) is 0 Å². The molecule has 0 saturated carbocycles. The van der Waals surface area contributed by atoms with Crippen LogP contribution in [0.4, 0.5) is 14.5 Å². The standard InChI is InChI=1S/C9H8F2N2/c1-5(4-12)6-2-7(10)9(13)8(11)3-6/h2-3,5H,13H2,1H3. The molecule has 0 bridgehead atoms. The predicted molar refractivity (Wildman–Crippen MR) is 44.8 cm³/mol. The van der Waals surface area contributed by atoms with Crippen LogP contribution in [0.3, 0.4) is 0 Å². The summed E-state index contributed by atoms with van der Waals surface area (Å²) < 4.78 is 25.7. The Kier molecular flexibility index (Phi) is 2.47. The van der Waals surface area contributed by atoms with E-state index in [2.05, 4.69) is 0 Å². The fourth-order valence-electron chi connectivity index (χ4n) is 0.928. The summed E-state index contributed by atoms with van der Waals surface area (Å²) in [5, 5.41) is 8.51. The number of nitrogens with zero attached hydrogens (tertiary/aromatic N) is 1. The molecule has 0 aliphatic rings. The van der Waals surface area contributed by atoms with Crippen LogP contribution in [-0.4, -0.2) is 0 Å². The van der Waals surface area contributed by atoms with Gasteiger partial charge in [-0.3, -0.25) is 0 Å². The summed E-state index contributed by atoms with van der Waals surface area (Å²) in [4.78, 5) is 0. The molecule has 2 N–H and O–H groups in total. The Morgan fingerprint density at radius 3 is 2.23 bits per heavy atom. The molecule has 68 valence electrons. The zero-order chi connectivity index (χ0) is 10.0. The molecular formula is C9H8F2N2. The molecule has 13 heavy (non-hydrogen) atoms. The number of rotatable bonds is 1. The van der Waals surface area contributed by atoms with Crippen LogP contribution >= 0.6 is 0 Å². The summed E-state index contributed by atoms with van der Waals surface area (Å²) >= 11 is 0. The minimum Gasteiger partial charge on any atom is -0.394 e. The lowest BCUT2D eigenvalue weighted by Crippen LogP contribution is -1.99. The fraction of sp³-hybridized carbons (Fsp3) is 0.222. The molecule has 0 aromatic heterocycles. The Labute approximate surface area is 74.6 Å². The van der Waals surface area contributed by atoms with Gasteiger partial charge in [-0.2, -0.15) is 5.26 Å². The first-order chi connectivity index (χ1) is 6.06. The molecule has 0 aliphatic heterocycles. The first kappa shape index (κ1) is 9.46. The molecule has 1 atom stereocenters. The smallest absolute Gasteiger partial charge is 0.149 e. The van der Waals surface area contributed by atoms with E-state index in [9.17, 15) is 8.78 Å². The molecule has 0 radical (unpaired) electrons. The zero-order valence-corrected chi connectivity index (χ0v) is 7.01. The van der Waals surface area contributed by atoms with Crippen molar-refractivity contribution in [1.82, 2.24) is 0 Å². The Bertz CT molecular complexity index is 345. The molecule has 0 saturated heterocycles. The van der Waals surface area contributed by atoms with Gasteiger partial charge in [-0.1, -0.05) is 0 Å². The van der Waals surface area contributed by atoms with Gasteiger partial charge in [0.25, 0.3) is 0 Å². The maximum absolute atomic E-state index is 12.9. The van der Waals surface area contributed by atoms with Crippen molar-refractivity contribution in [3.05, 3.63) is 29.3 Å². The minimum absolute atomic E-state index is 0.298. The van der Waals surface area contributed by atoms with Gasteiger partial charge in [0.05, 0.1) is 12.0 Å². The normalized spacial score (nSPS) is 12.2. The average Bonchev–Trinajstić information content (AvgIpc) is 2.12. The predicted octanol–water partition coefficient (Wildman–Crippen LogP) is 2.17. The number of hydrogen-bond acceptors (Lipinski definition) is 2.